The minimum Gasteiger partial charge on any atom is -0.369 e. The maximum Gasteiger partial charge on any atom is 0.266 e. The molecule has 4 nitrogen and oxygen atoms in total. The Hall–Kier alpha value is -2.58. The van der Waals surface area contributed by atoms with Crippen molar-refractivity contribution in [3.8, 4) is 6.07 Å². The molecule has 0 spiro atoms. The number of benzene rings is 2. The van der Waals surface area contributed by atoms with Gasteiger partial charge in [0.25, 0.3) is 5.91 Å². The van der Waals surface area contributed by atoms with Gasteiger partial charge in [0.1, 0.15) is 11.6 Å². The Morgan fingerprint density at radius 2 is 2.07 bits per heavy atom. The number of anilines is 2. The van der Waals surface area contributed by atoms with E-state index in [1.54, 1.807) is 18.2 Å². The van der Waals surface area contributed by atoms with Crippen molar-refractivity contribution >= 4 is 39.3 Å². The van der Waals surface area contributed by atoms with Crippen LogP contribution in [0.15, 0.2) is 52.5 Å². The molecule has 0 aliphatic carbocycles. The molecule has 1 amide bonds. The zero-order valence-corrected chi connectivity index (χ0v) is 18.2. The molecule has 1 heterocycles. The molecule has 1 unspecified atom stereocenters. The van der Waals surface area contributed by atoms with Crippen molar-refractivity contribution < 1.29 is 4.79 Å². The summed E-state index contributed by atoms with van der Waals surface area (Å²) in [6.07, 6.45) is 2.71. The number of hydrogen-bond donors (Lipinski definition) is 1. The molecule has 144 valence electrons. The van der Waals surface area contributed by atoms with Gasteiger partial charge in [0.2, 0.25) is 0 Å². The maximum absolute atomic E-state index is 12.5. The minimum atomic E-state index is -0.412. The molecule has 0 bridgehead atoms. The predicted molar refractivity (Wildman–Crippen MR) is 118 cm³/mol. The lowest BCUT2D eigenvalue weighted by Gasteiger charge is -2.45. The van der Waals surface area contributed by atoms with Crippen molar-refractivity contribution in [2.45, 2.75) is 38.6 Å². The van der Waals surface area contributed by atoms with E-state index in [1.165, 1.54) is 11.3 Å². The quantitative estimate of drug-likeness (QED) is 0.493. The lowest BCUT2D eigenvalue weighted by molar-refractivity contribution is -0.112. The molecule has 28 heavy (non-hydrogen) atoms. The molecular weight excluding hydrogens is 414 g/mol. The zero-order valence-electron chi connectivity index (χ0n) is 16.6. The van der Waals surface area contributed by atoms with Gasteiger partial charge >= 0.3 is 0 Å². The average Bonchev–Trinajstić information content (AvgIpc) is 2.64. The van der Waals surface area contributed by atoms with E-state index in [0.717, 1.165) is 16.5 Å². The molecule has 1 N–H and O–H groups in total. The Kier molecular flexibility index (Phi) is 5.62. The average molecular weight is 438 g/mol. The fourth-order valence-corrected chi connectivity index (χ4v) is 4.16. The van der Waals surface area contributed by atoms with E-state index in [9.17, 15) is 10.1 Å². The molecule has 1 aliphatic heterocycles. The maximum atomic E-state index is 12.5. The Bertz CT molecular complexity index is 988. The lowest BCUT2D eigenvalue weighted by atomic mass is 9.80. The topological polar surface area (TPSA) is 56.1 Å². The summed E-state index contributed by atoms with van der Waals surface area (Å²) in [5.74, 6) is 0.000187. The van der Waals surface area contributed by atoms with Crippen LogP contribution in [0.3, 0.4) is 0 Å². The molecule has 1 aliphatic rings. The molecule has 0 aromatic heterocycles. The minimum absolute atomic E-state index is 0.0806. The highest BCUT2D eigenvalue weighted by Crippen LogP contribution is 2.42. The van der Waals surface area contributed by atoms with Crippen LogP contribution < -0.4 is 10.2 Å². The van der Waals surface area contributed by atoms with Crippen molar-refractivity contribution in [1.29, 1.82) is 5.26 Å². The molecule has 5 heteroatoms. The summed E-state index contributed by atoms with van der Waals surface area (Å²) < 4.78 is 0.864. The fraction of sp³-hybridized carbons (Fsp3) is 0.304. The van der Waals surface area contributed by atoms with Crippen molar-refractivity contribution in [2.75, 3.05) is 17.3 Å². The Labute approximate surface area is 175 Å². The Morgan fingerprint density at radius 1 is 1.32 bits per heavy atom. The van der Waals surface area contributed by atoms with Crippen LogP contribution in [-0.4, -0.2) is 18.5 Å². The van der Waals surface area contributed by atoms with E-state index >= 15 is 0 Å². The summed E-state index contributed by atoms with van der Waals surface area (Å²) in [6, 6.07) is 15.5. The van der Waals surface area contributed by atoms with Crippen LogP contribution in [0.2, 0.25) is 0 Å². The second kappa shape index (κ2) is 7.81. The first-order valence-corrected chi connectivity index (χ1v) is 10.1. The molecule has 0 saturated carbocycles. The summed E-state index contributed by atoms with van der Waals surface area (Å²) in [7, 11) is 2.12. The van der Waals surface area contributed by atoms with Gasteiger partial charge in [-0.15, -0.1) is 0 Å². The molecule has 0 fully saturated rings. The van der Waals surface area contributed by atoms with E-state index in [2.05, 4.69) is 66.1 Å². The normalized spacial score (nSPS) is 18.2. The van der Waals surface area contributed by atoms with Crippen LogP contribution in [0, 0.1) is 11.3 Å². The Balaban J connectivity index is 1.88. The third-order valence-corrected chi connectivity index (χ3v) is 5.91. The molecule has 1 atom stereocenters. The van der Waals surface area contributed by atoms with E-state index in [1.807, 2.05) is 24.3 Å². The van der Waals surface area contributed by atoms with Gasteiger partial charge < -0.3 is 10.2 Å². The number of amides is 1. The van der Waals surface area contributed by atoms with Gasteiger partial charge in [-0.2, -0.15) is 5.26 Å². The van der Waals surface area contributed by atoms with Gasteiger partial charge in [0.15, 0.2) is 0 Å². The van der Waals surface area contributed by atoms with E-state index < -0.39 is 5.91 Å². The molecule has 3 rings (SSSR count). The molecule has 2 aromatic carbocycles. The Morgan fingerprint density at radius 3 is 2.75 bits per heavy atom. The van der Waals surface area contributed by atoms with Crippen molar-refractivity contribution in [3.05, 3.63) is 63.6 Å². The number of hydrogen-bond acceptors (Lipinski definition) is 3. The van der Waals surface area contributed by atoms with Crippen LogP contribution >= 0.6 is 15.9 Å². The third-order valence-electron chi connectivity index (χ3n) is 5.42. The van der Waals surface area contributed by atoms with Gasteiger partial charge in [0, 0.05) is 28.4 Å². The number of carbonyl (C=O) groups excluding carboxylic acids is 1. The van der Waals surface area contributed by atoms with E-state index in [4.69, 9.17) is 0 Å². The standard InChI is InChI=1S/C23H24BrN3O/c1-15-13-23(2,3)27(4)21-9-8-16(11-20(15)21)10-17(14-25)22(28)26-19-7-5-6-18(24)12-19/h5-12,15H,13H2,1-4H3,(H,26,28)/b17-10+. The van der Waals surface area contributed by atoms with E-state index in [0.29, 0.717) is 11.6 Å². The van der Waals surface area contributed by atoms with Crippen LogP contribution in [0.5, 0.6) is 0 Å². The van der Waals surface area contributed by atoms with Gasteiger partial charge in [-0.1, -0.05) is 35.0 Å². The number of halogens is 1. The highest BCUT2D eigenvalue weighted by molar-refractivity contribution is 9.10. The number of fused-ring (bicyclic) bond motifs is 1. The number of nitrogens with one attached hydrogen (secondary N) is 1. The second-order valence-corrected chi connectivity index (χ2v) is 8.84. The number of carbonyl (C=O) groups is 1. The molecular formula is C23H24BrN3O. The monoisotopic (exact) mass is 437 g/mol. The van der Waals surface area contributed by atoms with Crippen molar-refractivity contribution in [3.63, 3.8) is 0 Å². The lowest BCUT2D eigenvalue weighted by Crippen LogP contribution is -2.45. The van der Waals surface area contributed by atoms with Gasteiger partial charge in [0.05, 0.1) is 0 Å². The number of nitrogens with zero attached hydrogens (tertiary/aromatic N) is 2. The van der Waals surface area contributed by atoms with Crippen molar-refractivity contribution in [2.24, 2.45) is 0 Å². The fourth-order valence-electron chi connectivity index (χ4n) is 3.77. The van der Waals surface area contributed by atoms with Gasteiger partial charge in [-0.25, -0.2) is 0 Å². The summed E-state index contributed by atoms with van der Waals surface area (Å²) >= 11 is 3.38. The summed E-state index contributed by atoms with van der Waals surface area (Å²) in [6.45, 7) is 6.73. The largest absolute Gasteiger partial charge is 0.369 e. The zero-order chi connectivity index (χ0) is 20.5. The second-order valence-electron chi connectivity index (χ2n) is 7.93. The van der Waals surface area contributed by atoms with Crippen LogP contribution in [0.1, 0.15) is 44.2 Å². The SMILES string of the molecule is CC1CC(C)(C)N(C)c2ccc(/C=C(\C#N)C(=O)Nc3cccc(Br)c3)cc21. The first kappa shape index (κ1) is 20.2. The third kappa shape index (κ3) is 4.13. The van der Waals surface area contributed by atoms with Crippen LogP contribution in [0.4, 0.5) is 11.4 Å². The number of rotatable bonds is 3. The molecule has 2 aromatic rings. The molecule has 0 saturated heterocycles. The smallest absolute Gasteiger partial charge is 0.266 e. The summed E-state index contributed by atoms with van der Waals surface area (Å²) in [5.41, 5.74) is 4.14. The highest BCUT2D eigenvalue weighted by Gasteiger charge is 2.33. The van der Waals surface area contributed by atoms with E-state index in [-0.39, 0.29) is 11.1 Å². The van der Waals surface area contributed by atoms with Gasteiger partial charge in [-0.3, -0.25) is 4.79 Å². The highest BCUT2D eigenvalue weighted by atomic mass is 79.9. The first-order valence-electron chi connectivity index (χ1n) is 9.28. The summed E-state index contributed by atoms with van der Waals surface area (Å²) in [5, 5.41) is 12.3. The number of nitriles is 1. The first-order chi connectivity index (χ1) is 13.2. The van der Waals surface area contributed by atoms with Crippen LogP contribution in [0.25, 0.3) is 6.08 Å². The molecule has 0 radical (unpaired) electrons. The van der Waals surface area contributed by atoms with Crippen LogP contribution in [-0.2, 0) is 4.79 Å². The summed E-state index contributed by atoms with van der Waals surface area (Å²) in [4.78, 5) is 14.8. The van der Waals surface area contributed by atoms with Crippen molar-refractivity contribution in [1.82, 2.24) is 0 Å². The van der Waals surface area contributed by atoms with Gasteiger partial charge in [-0.05, 0) is 73.7 Å². The predicted octanol–water partition coefficient (Wildman–Crippen LogP) is 5.72.